The molecule has 1 aromatic heterocycles. The second-order valence-electron chi connectivity index (χ2n) is 4.23. The number of aromatic nitrogens is 1. The maximum atomic E-state index is 12.2. The quantitative estimate of drug-likeness (QED) is 0.798. The highest BCUT2D eigenvalue weighted by atomic mass is 79.9. The van der Waals surface area contributed by atoms with Crippen molar-refractivity contribution in [3.05, 3.63) is 52.6 Å². The zero-order chi connectivity index (χ0) is 15.2. The lowest BCUT2D eigenvalue weighted by molar-refractivity contribution is 0.0808. The molecule has 2 rings (SSSR count). The van der Waals surface area contributed by atoms with Gasteiger partial charge in [0.05, 0.1) is 6.07 Å². The summed E-state index contributed by atoms with van der Waals surface area (Å²) in [6.07, 6.45) is 1.55. The molecule has 106 valence electrons. The van der Waals surface area contributed by atoms with E-state index in [0.717, 1.165) is 4.47 Å². The SMILES string of the molecule is CN(CC#N)C(=O)c1cccnc1Oc1ccc(Br)cc1. The normalized spacial score (nSPS) is 9.76. The summed E-state index contributed by atoms with van der Waals surface area (Å²) in [6.45, 7) is 0.00541. The van der Waals surface area contributed by atoms with E-state index in [9.17, 15) is 4.79 Å². The van der Waals surface area contributed by atoms with E-state index in [1.165, 1.54) is 4.90 Å². The number of ether oxygens (including phenoxy) is 1. The number of hydrogen-bond acceptors (Lipinski definition) is 4. The fourth-order valence-corrected chi connectivity index (χ4v) is 1.90. The summed E-state index contributed by atoms with van der Waals surface area (Å²) < 4.78 is 6.58. The van der Waals surface area contributed by atoms with E-state index in [1.807, 2.05) is 18.2 Å². The first-order chi connectivity index (χ1) is 10.1. The molecule has 5 nitrogen and oxygen atoms in total. The van der Waals surface area contributed by atoms with Crippen molar-refractivity contribution in [2.24, 2.45) is 0 Å². The van der Waals surface area contributed by atoms with Crippen molar-refractivity contribution >= 4 is 21.8 Å². The first-order valence-corrected chi connectivity index (χ1v) is 6.92. The third-order valence-corrected chi connectivity index (χ3v) is 3.21. The van der Waals surface area contributed by atoms with E-state index in [0.29, 0.717) is 11.3 Å². The molecule has 0 fully saturated rings. The number of benzene rings is 1. The van der Waals surface area contributed by atoms with Gasteiger partial charge in [-0.15, -0.1) is 0 Å². The lowest BCUT2D eigenvalue weighted by atomic mass is 10.2. The van der Waals surface area contributed by atoms with Crippen molar-refractivity contribution in [2.75, 3.05) is 13.6 Å². The summed E-state index contributed by atoms with van der Waals surface area (Å²) in [6, 6.07) is 12.4. The van der Waals surface area contributed by atoms with E-state index in [-0.39, 0.29) is 18.3 Å². The van der Waals surface area contributed by atoms with Crippen molar-refractivity contribution < 1.29 is 9.53 Å². The van der Waals surface area contributed by atoms with Crippen molar-refractivity contribution in [3.8, 4) is 17.7 Å². The van der Waals surface area contributed by atoms with Gasteiger partial charge in [0, 0.05) is 17.7 Å². The Morgan fingerprint density at radius 3 is 2.76 bits per heavy atom. The van der Waals surface area contributed by atoms with Crippen molar-refractivity contribution in [3.63, 3.8) is 0 Å². The fourth-order valence-electron chi connectivity index (χ4n) is 1.63. The highest BCUT2D eigenvalue weighted by Crippen LogP contribution is 2.25. The van der Waals surface area contributed by atoms with Gasteiger partial charge in [0.15, 0.2) is 0 Å². The Hall–Kier alpha value is -2.39. The van der Waals surface area contributed by atoms with E-state index >= 15 is 0 Å². The second kappa shape index (κ2) is 6.86. The molecule has 0 bridgehead atoms. The standard InChI is InChI=1S/C15H12BrN3O2/c1-19(10-8-17)15(20)13-3-2-9-18-14(13)21-12-6-4-11(16)5-7-12/h2-7,9H,10H2,1H3. The lowest BCUT2D eigenvalue weighted by Gasteiger charge is -2.15. The smallest absolute Gasteiger partial charge is 0.259 e. The van der Waals surface area contributed by atoms with Gasteiger partial charge < -0.3 is 9.64 Å². The Balaban J connectivity index is 2.27. The largest absolute Gasteiger partial charge is 0.438 e. The minimum Gasteiger partial charge on any atom is -0.438 e. The molecule has 0 atom stereocenters. The maximum Gasteiger partial charge on any atom is 0.259 e. The Morgan fingerprint density at radius 1 is 1.38 bits per heavy atom. The molecule has 0 aliphatic carbocycles. The van der Waals surface area contributed by atoms with Gasteiger partial charge in [0.25, 0.3) is 5.91 Å². The third-order valence-electron chi connectivity index (χ3n) is 2.68. The van der Waals surface area contributed by atoms with E-state index in [4.69, 9.17) is 10.00 Å². The minimum atomic E-state index is -0.309. The number of nitriles is 1. The monoisotopic (exact) mass is 345 g/mol. The number of carbonyl (C=O) groups is 1. The number of pyridine rings is 1. The number of halogens is 1. The van der Waals surface area contributed by atoms with Gasteiger partial charge >= 0.3 is 0 Å². The first kappa shape index (κ1) is 15.0. The van der Waals surface area contributed by atoms with Crippen LogP contribution in [0.15, 0.2) is 47.1 Å². The average Bonchev–Trinajstić information content (AvgIpc) is 2.50. The number of nitrogens with zero attached hydrogens (tertiary/aromatic N) is 3. The van der Waals surface area contributed by atoms with Gasteiger partial charge in [0.1, 0.15) is 17.9 Å². The van der Waals surface area contributed by atoms with Crippen LogP contribution in [-0.2, 0) is 0 Å². The van der Waals surface area contributed by atoms with Gasteiger partial charge in [-0.2, -0.15) is 5.26 Å². The highest BCUT2D eigenvalue weighted by Gasteiger charge is 2.17. The van der Waals surface area contributed by atoms with Gasteiger partial charge in [-0.1, -0.05) is 15.9 Å². The number of carbonyl (C=O) groups excluding carboxylic acids is 1. The molecule has 0 aliphatic rings. The molecule has 21 heavy (non-hydrogen) atoms. The highest BCUT2D eigenvalue weighted by molar-refractivity contribution is 9.10. The lowest BCUT2D eigenvalue weighted by Crippen LogP contribution is -2.27. The molecule has 1 aromatic carbocycles. The van der Waals surface area contributed by atoms with Crippen molar-refractivity contribution in [2.45, 2.75) is 0 Å². The number of hydrogen-bond donors (Lipinski definition) is 0. The molecule has 1 heterocycles. The van der Waals surface area contributed by atoms with Crippen LogP contribution in [0.1, 0.15) is 10.4 Å². The third kappa shape index (κ3) is 3.80. The Kier molecular flexibility index (Phi) is 4.90. The topological polar surface area (TPSA) is 66.2 Å². The van der Waals surface area contributed by atoms with Crippen LogP contribution in [0.25, 0.3) is 0 Å². The van der Waals surface area contributed by atoms with Gasteiger partial charge in [-0.3, -0.25) is 4.79 Å². The minimum absolute atomic E-state index is 0.00541. The van der Waals surface area contributed by atoms with Crippen molar-refractivity contribution in [1.29, 1.82) is 5.26 Å². The number of amides is 1. The Morgan fingerprint density at radius 2 is 2.10 bits per heavy atom. The molecular formula is C15H12BrN3O2. The van der Waals surface area contributed by atoms with E-state index < -0.39 is 0 Å². The summed E-state index contributed by atoms with van der Waals surface area (Å²) in [5, 5.41) is 8.67. The summed E-state index contributed by atoms with van der Waals surface area (Å²) in [4.78, 5) is 17.7. The van der Waals surface area contributed by atoms with Crippen LogP contribution in [-0.4, -0.2) is 29.4 Å². The van der Waals surface area contributed by atoms with Crippen LogP contribution in [0.2, 0.25) is 0 Å². The second-order valence-corrected chi connectivity index (χ2v) is 5.15. The summed E-state index contributed by atoms with van der Waals surface area (Å²) in [5.74, 6) is 0.486. The summed E-state index contributed by atoms with van der Waals surface area (Å²) in [7, 11) is 1.56. The molecule has 0 unspecified atom stereocenters. The average molecular weight is 346 g/mol. The Labute approximate surface area is 130 Å². The molecule has 0 radical (unpaired) electrons. The predicted octanol–water partition coefficient (Wildman–Crippen LogP) is 3.23. The van der Waals surface area contributed by atoms with Crippen LogP contribution in [0, 0.1) is 11.3 Å². The Bertz CT molecular complexity index is 680. The van der Waals surface area contributed by atoms with Crippen molar-refractivity contribution in [1.82, 2.24) is 9.88 Å². The fraction of sp³-hybridized carbons (Fsp3) is 0.133. The van der Waals surface area contributed by atoms with Crippen LogP contribution >= 0.6 is 15.9 Å². The van der Waals surface area contributed by atoms with Gasteiger partial charge in [0.2, 0.25) is 5.88 Å². The molecule has 1 amide bonds. The molecule has 2 aromatic rings. The molecular weight excluding hydrogens is 334 g/mol. The molecule has 6 heteroatoms. The molecule has 0 saturated carbocycles. The van der Waals surface area contributed by atoms with Crippen LogP contribution < -0.4 is 4.74 Å². The van der Waals surface area contributed by atoms with E-state index in [2.05, 4.69) is 20.9 Å². The van der Waals surface area contributed by atoms with Crippen LogP contribution in [0.5, 0.6) is 11.6 Å². The maximum absolute atomic E-state index is 12.2. The molecule has 0 saturated heterocycles. The van der Waals surface area contributed by atoms with Crippen LogP contribution in [0.3, 0.4) is 0 Å². The summed E-state index contributed by atoms with van der Waals surface area (Å²) >= 11 is 3.34. The zero-order valence-electron chi connectivity index (χ0n) is 11.3. The summed E-state index contributed by atoms with van der Waals surface area (Å²) in [5.41, 5.74) is 0.318. The molecule has 0 aliphatic heterocycles. The van der Waals surface area contributed by atoms with Crippen LogP contribution in [0.4, 0.5) is 0 Å². The van der Waals surface area contributed by atoms with Gasteiger partial charge in [-0.05, 0) is 36.4 Å². The first-order valence-electron chi connectivity index (χ1n) is 6.12. The number of rotatable bonds is 4. The molecule has 0 N–H and O–H groups in total. The molecule has 0 spiro atoms. The zero-order valence-corrected chi connectivity index (χ0v) is 12.9. The predicted molar refractivity (Wildman–Crippen MR) is 81.0 cm³/mol. The van der Waals surface area contributed by atoms with E-state index in [1.54, 1.807) is 37.5 Å². The van der Waals surface area contributed by atoms with Gasteiger partial charge in [-0.25, -0.2) is 4.98 Å².